The molecule has 0 radical (unpaired) electrons. The molecule has 0 saturated heterocycles. The molecule has 4 aromatic heterocycles. The van der Waals surface area contributed by atoms with Gasteiger partial charge in [0.1, 0.15) is 11.6 Å². The first kappa shape index (κ1) is 33.9. The molecule has 262 valence electrons. The van der Waals surface area contributed by atoms with Crippen LogP contribution >= 0.6 is 0 Å². The van der Waals surface area contributed by atoms with E-state index in [1.54, 1.807) is 0 Å². The highest BCUT2D eigenvalue weighted by atomic mass is 15.1. The molecule has 0 bridgehead atoms. The molecule has 52 heavy (non-hydrogen) atoms. The van der Waals surface area contributed by atoms with Crippen molar-refractivity contribution in [3.05, 3.63) is 132 Å². The van der Waals surface area contributed by atoms with E-state index < -0.39 is 0 Å². The van der Waals surface area contributed by atoms with E-state index in [0.717, 1.165) is 22.7 Å². The van der Waals surface area contributed by atoms with Crippen LogP contribution in [0.1, 0.15) is 103 Å². The van der Waals surface area contributed by atoms with Gasteiger partial charge in [-0.2, -0.15) is 0 Å². The number of hydrogen-bond donors (Lipinski definition) is 0. The van der Waals surface area contributed by atoms with Gasteiger partial charge in [0.15, 0.2) is 0 Å². The monoisotopic (exact) mass is 682 g/mol. The highest BCUT2D eigenvalue weighted by Crippen LogP contribution is 2.42. The number of pyridine rings is 2. The molecule has 0 aliphatic carbocycles. The highest BCUT2D eigenvalue weighted by molar-refractivity contribution is 6.19. The molecule has 0 aliphatic heterocycles. The average molecular weight is 683 g/mol. The number of aromatic nitrogens is 4. The zero-order valence-corrected chi connectivity index (χ0v) is 32.3. The standard InChI is InChI=1S/C48H50N4/c1-29(2)34-14-13-15-35(30(3)4)46(34)31-21-23-50-45(24-31)52-41-26-33(48(8,9)10)18-20-37(41)39-27-38-36-19-17-32(47(5,6)7)25-40(36)51(42(38)28-43(39)52)44-16-11-12-22-49-44/h11-30H,1-10H3. The fourth-order valence-electron chi connectivity index (χ4n) is 8.02. The molecule has 8 aromatic rings. The normalized spacial score (nSPS) is 12.8. The lowest BCUT2D eigenvalue weighted by Gasteiger charge is -2.21. The van der Waals surface area contributed by atoms with Gasteiger partial charge in [-0.1, -0.05) is 118 Å². The van der Waals surface area contributed by atoms with E-state index in [1.165, 1.54) is 66.0 Å². The minimum absolute atomic E-state index is 0.00560. The first-order chi connectivity index (χ1) is 24.7. The van der Waals surface area contributed by atoms with Crippen molar-refractivity contribution in [2.75, 3.05) is 0 Å². The zero-order chi connectivity index (χ0) is 36.7. The maximum absolute atomic E-state index is 5.13. The van der Waals surface area contributed by atoms with Gasteiger partial charge in [-0.05, 0) is 105 Å². The smallest absolute Gasteiger partial charge is 0.138 e. The maximum Gasteiger partial charge on any atom is 0.138 e. The number of rotatable bonds is 5. The Morgan fingerprint density at radius 1 is 0.462 bits per heavy atom. The van der Waals surface area contributed by atoms with Gasteiger partial charge in [0.2, 0.25) is 0 Å². The molecule has 0 spiro atoms. The average Bonchev–Trinajstić information content (AvgIpc) is 3.61. The Hall–Kier alpha value is -5.22. The van der Waals surface area contributed by atoms with Crippen LogP contribution in [0.5, 0.6) is 0 Å². The molecule has 0 fully saturated rings. The van der Waals surface area contributed by atoms with Crippen LogP contribution in [0.2, 0.25) is 0 Å². The third-order valence-electron chi connectivity index (χ3n) is 10.9. The number of nitrogens with zero attached hydrogens (tertiary/aromatic N) is 4. The lowest BCUT2D eigenvalue weighted by atomic mass is 9.85. The summed E-state index contributed by atoms with van der Waals surface area (Å²) in [4.78, 5) is 10.0. The van der Waals surface area contributed by atoms with Gasteiger partial charge >= 0.3 is 0 Å². The fraction of sp³-hybridized carbons (Fsp3) is 0.292. The predicted molar refractivity (Wildman–Crippen MR) is 222 cm³/mol. The fourth-order valence-corrected chi connectivity index (χ4v) is 8.02. The van der Waals surface area contributed by atoms with E-state index in [2.05, 4.69) is 169 Å². The van der Waals surface area contributed by atoms with Gasteiger partial charge in [0.25, 0.3) is 0 Å². The van der Waals surface area contributed by atoms with Crippen molar-refractivity contribution < 1.29 is 0 Å². The molecular formula is C48H50N4. The van der Waals surface area contributed by atoms with Gasteiger partial charge in [-0.25, -0.2) is 9.97 Å². The first-order valence-electron chi connectivity index (χ1n) is 18.8. The van der Waals surface area contributed by atoms with Gasteiger partial charge in [0.05, 0.1) is 22.1 Å². The molecule has 4 heteroatoms. The van der Waals surface area contributed by atoms with Crippen molar-refractivity contribution in [2.24, 2.45) is 0 Å². The van der Waals surface area contributed by atoms with Crippen LogP contribution in [0.4, 0.5) is 0 Å². The molecule has 4 aromatic carbocycles. The van der Waals surface area contributed by atoms with E-state index in [9.17, 15) is 0 Å². The zero-order valence-electron chi connectivity index (χ0n) is 32.3. The molecule has 4 nitrogen and oxygen atoms in total. The summed E-state index contributed by atoms with van der Waals surface area (Å²) >= 11 is 0. The number of hydrogen-bond acceptors (Lipinski definition) is 2. The molecule has 4 heterocycles. The molecule has 0 aliphatic rings. The van der Waals surface area contributed by atoms with E-state index >= 15 is 0 Å². The lowest BCUT2D eigenvalue weighted by Crippen LogP contribution is -2.11. The van der Waals surface area contributed by atoms with E-state index in [1.807, 2.05) is 18.5 Å². The highest BCUT2D eigenvalue weighted by Gasteiger charge is 2.24. The van der Waals surface area contributed by atoms with Crippen LogP contribution in [0.3, 0.4) is 0 Å². The molecule has 0 amide bonds. The minimum Gasteiger partial charge on any atom is -0.294 e. The Bertz CT molecular complexity index is 2610. The predicted octanol–water partition coefficient (Wildman–Crippen LogP) is 13.2. The van der Waals surface area contributed by atoms with Gasteiger partial charge in [-0.15, -0.1) is 0 Å². The van der Waals surface area contributed by atoms with Crippen LogP contribution in [0.15, 0.2) is 109 Å². The second kappa shape index (κ2) is 12.2. The van der Waals surface area contributed by atoms with Gasteiger partial charge in [0, 0.05) is 33.9 Å². The van der Waals surface area contributed by atoms with E-state index in [4.69, 9.17) is 9.97 Å². The van der Waals surface area contributed by atoms with Crippen molar-refractivity contribution in [1.29, 1.82) is 0 Å². The third kappa shape index (κ3) is 5.51. The first-order valence-corrected chi connectivity index (χ1v) is 18.8. The Balaban J connectivity index is 1.50. The molecule has 0 saturated carbocycles. The summed E-state index contributed by atoms with van der Waals surface area (Å²) < 4.78 is 4.75. The Labute approximate surface area is 308 Å². The largest absolute Gasteiger partial charge is 0.294 e. The number of fused-ring (bicyclic) bond motifs is 6. The van der Waals surface area contributed by atoms with Crippen molar-refractivity contribution in [1.82, 2.24) is 19.1 Å². The van der Waals surface area contributed by atoms with Crippen molar-refractivity contribution in [3.8, 4) is 22.8 Å². The topological polar surface area (TPSA) is 35.6 Å². The molecule has 0 N–H and O–H groups in total. The summed E-state index contributed by atoms with van der Waals surface area (Å²) in [6.45, 7) is 22.9. The quantitative estimate of drug-likeness (QED) is 0.181. The SMILES string of the molecule is CC(C)c1cccc(C(C)C)c1-c1ccnc(-n2c3cc(C(C)(C)C)ccc3c3cc4c5ccc(C(C)(C)C)cc5n(-c5ccccn5)c4cc32)c1. The van der Waals surface area contributed by atoms with Crippen LogP contribution in [-0.4, -0.2) is 19.1 Å². The second-order valence-electron chi connectivity index (χ2n) is 17.2. The third-order valence-corrected chi connectivity index (χ3v) is 10.9. The van der Waals surface area contributed by atoms with Crippen LogP contribution < -0.4 is 0 Å². The summed E-state index contributed by atoms with van der Waals surface area (Å²) in [7, 11) is 0. The Morgan fingerprint density at radius 2 is 0.981 bits per heavy atom. The van der Waals surface area contributed by atoms with Crippen molar-refractivity contribution in [2.45, 2.75) is 91.9 Å². The Kier molecular flexibility index (Phi) is 7.95. The summed E-state index contributed by atoms with van der Waals surface area (Å²) in [6, 6.07) is 36.2. The van der Waals surface area contributed by atoms with Crippen LogP contribution in [-0.2, 0) is 10.8 Å². The molecular weight excluding hydrogens is 633 g/mol. The summed E-state index contributed by atoms with van der Waals surface area (Å²) in [5, 5.41) is 4.91. The van der Waals surface area contributed by atoms with Crippen LogP contribution in [0.25, 0.3) is 66.4 Å². The van der Waals surface area contributed by atoms with Gasteiger partial charge in [-0.3, -0.25) is 9.13 Å². The van der Waals surface area contributed by atoms with E-state index in [-0.39, 0.29) is 10.8 Å². The number of benzene rings is 4. The van der Waals surface area contributed by atoms with Gasteiger partial charge < -0.3 is 0 Å². The summed E-state index contributed by atoms with van der Waals surface area (Å²) in [5.74, 6) is 2.63. The van der Waals surface area contributed by atoms with E-state index in [0.29, 0.717) is 11.8 Å². The maximum atomic E-state index is 5.13. The Morgan fingerprint density at radius 3 is 1.48 bits per heavy atom. The molecule has 8 rings (SSSR count). The van der Waals surface area contributed by atoms with Crippen LogP contribution in [0, 0.1) is 0 Å². The van der Waals surface area contributed by atoms with Crippen molar-refractivity contribution in [3.63, 3.8) is 0 Å². The summed E-state index contributed by atoms with van der Waals surface area (Å²) in [5.41, 5.74) is 12.5. The molecule has 0 unspecified atom stereocenters. The molecule has 0 atom stereocenters. The second-order valence-corrected chi connectivity index (χ2v) is 17.2. The summed E-state index contributed by atoms with van der Waals surface area (Å²) in [6.07, 6.45) is 3.88. The lowest BCUT2D eigenvalue weighted by molar-refractivity contribution is 0.590. The minimum atomic E-state index is -0.00560. The van der Waals surface area contributed by atoms with Crippen molar-refractivity contribution >= 4 is 43.6 Å².